The number of fused-ring (bicyclic) bond motifs is 4. The van der Waals surface area contributed by atoms with Crippen LogP contribution in [0.25, 0.3) is 43.1 Å². The molecule has 0 atom stereocenters. The lowest BCUT2D eigenvalue weighted by Gasteiger charge is -2.17. The first-order valence-corrected chi connectivity index (χ1v) is 13.9. The van der Waals surface area contributed by atoms with Crippen LogP contribution < -0.4 is 18.9 Å². The first-order chi connectivity index (χ1) is 19.7. The molecule has 0 radical (unpaired) electrons. The van der Waals surface area contributed by atoms with Gasteiger partial charge in [-0.1, -0.05) is 74.5 Å². The molecule has 0 fully saturated rings. The molecule has 4 nitrogen and oxygen atoms in total. The molecular weight excluding hydrogens is 496 g/mol. The van der Waals surface area contributed by atoms with Crippen molar-refractivity contribution < 1.29 is 18.9 Å². The average Bonchev–Trinajstić information content (AvgIpc) is 3.01. The van der Waals surface area contributed by atoms with Gasteiger partial charge < -0.3 is 18.9 Å². The Labute approximate surface area is 236 Å². The molecule has 204 valence electrons. The third kappa shape index (κ3) is 5.62. The van der Waals surface area contributed by atoms with Crippen LogP contribution >= 0.6 is 0 Å². The molecular formula is C36H36O4. The topological polar surface area (TPSA) is 36.9 Å². The fourth-order valence-electron chi connectivity index (χ4n) is 4.98. The average molecular weight is 533 g/mol. The van der Waals surface area contributed by atoms with Gasteiger partial charge in [-0.05, 0) is 70.8 Å². The van der Waals surface area contributed by atoms with Crippen LogP contribution in [0, 0.1) is 0 Å². The van der Waals surface area contributed by atoms with Crippen LogP contribution in [0.1, 0.15) is 26.7 Å². The summed E-state index contributed by atoms with van der Waals surface area (Å²) in [6.45, 7) is 5.71. The van der Waals surface area contributed by atoms with Gasteiger partial charge in [-0.3, -0.25) is 0 Å². The van der Waals surface area contributed by atoms with E-state index in [1.54, 1.807) is 14.2 Å². The van der Waals surface area contributed by atoms with Gasteiger partial charge in [0.1, 0.15) is 23.0 Å². The maximum Gasteiger partial charge on any atom is 0.135 e. The van der Waals surface area contributed by atoms with Crippen LogP contribution in [0.2, 0.25) is 0 Å². The van der Waals surface area contributed by atoms with Crippen LogP contribution in [0.5, 0.6) is 23.0 Å². The predicted molar refractivity (Wildman–Crippen MR) is 168 cm³/mol. The summed E-state index contributed by atoms with van der Waals surface area (Å²) in [6, 6.07) is 33.3. The minimum atomic E-state index is 0.725. The summed E-state index contributed by atoms with van der Waals surface area (Å²) in [4.78, 5) is 0. The number of benzene rings is 6. The number of hydrogen-bond acceptors (Lipinski definition) is 4. The van der Waals surface area contributed by atoms with Crippen molar-refractivity contribution in [3.05, 3.63) is 97.1 Å². The Hall–Kier alpha value is -4.44. The second-order valence-electron chi connectivity index (χ2n) is 9.72. The van der Waals surface area contributed by atoms with E-state index >= 15 is 0 Å². The highest BCUT2D eigenvalue weighted by Gasteiger charge is 2.15. The number of methoxy groups -OCH3 is 2. The molecule has 4 heteroatoms. The molecule has 0 aliphatic carbocycles. The summed E-state index contributed by atoms with van der Waals surface area (Å²) in [5.74, 6) is 3.71. The molecule has 0 spiro atoms. The van der Waals surface area contributed by atoms with E-state index < -0.39 is 0 Å². The second kappa shape index (κ2) is 12.6. The lowest BCUT2D eigenvalue weighted by Crippen LogP contribution is -2.00. The quantitative estimate of drug-likeness (QED) is 0.183. The van der Waals surface area contributed by atoms with Crippen molar-refractivity contribution in [2.45, 2.75) is 26.7 Å². The third-order valence-corrected chi connectivity index (χ3v) is 6.94. The highest BCUT2D eigenvalue weighted by molar-refractivity contribution is 6.11. The van der Waals surface area contributed by atoms with E-state index in [0.717, 1.165) is 70.6 Å². The monoisotopic (exact) mass is 532 g/mol. The molecule has 0 aliphatic heterocycles. The summed E-state index contributed by atoms with van der Waals surface area (Å²) < 4.78 is 22.7. The van der Waals surface area contributed by atoms with Gasteiger partial charge >= 0.3 is 0 Å². The molecule has 0 saturated heterocycles. The summed E-state index contributed by atoms with van der Waals surface area (Å²) in [5.41, 5.74) is 0. The van der Waals surface area contributed by atoms with Crippen molar-refractivity contribution in [3.8, 4) is 23.0 Å². The van der Waals surface area contributed by atoms with E-state index in [2.05, 4.69) is 98.8 Å². The largest absolute Gasteiger partial charge is 0.497 e. The van der Waals surface area contributed by atoms with Crippen LogP contribution in [0.15, 0.2) is 97.1 Å². The zero-order valence-corrected chi connectivity index (χ0v) is 23.7. The normalized spacial score (nSPS) is 10.9. The van der Waals surface area contributed by atoms with Gasteiger partial charge in [-0.15, -0.1) is 0 Å². The first-order valence-electron chi connectivity index (χ1n) is 13.9. The van der Waals surface area contributed by atoms with E-state index in [-0.39, 0.29) is 0 Å². The third-order valence-electron chi connectivity index (χ3n) is 6.94. The first kappa shape index (κ1) is 27.1. The van der Waals surface area contributed by atoms with Crippen molar-refractivity contribution in [2.24, 2.45) is 0 Å². The molecule has 40 heavy (non-hydrogen) atoms. The van der Waals surface area contributed by atoms with Crippen molar-refractivity contribution in [3.63, 3.8) is 0 Å². The number of rotatable bonds is 8. The Bertz CT molecular complexity index is 1570. The van der Waals surface area contributed by atoms with E-state index in [1.807, 2.05) is 12.1 Å². The summed E-state index contributed by atoms with van der Waals surface area (Å²) in [5, 5.41) is 9.29. The Balaban J connectivity index is 0.000000164. The zero-order valence-electron chi connectivity index (χ0n) is 23.7. The van der Waals surface area contributed by atoms with Crippen molar-refractivity contribution in [1.29, 1.82) is 0 Å². The molecule has 0 aromatic heterocycles. The molecule has 6 aromatic rings. The summed E-state index contributed by atoms with van der Waals surface area (Å²) in [6.07, 6.45) is 1.99. The Morgan fingerprint density at radius 1 is 0.450 bits per heavy atom. The smallest absolute Gasteiger partial charge is 0.135 e. The Morgan fingerprint density at radius 3 is 1.15 bits per heavy atom. The minimum Gasteiger partial charge on any atom is -0.497 e. The molecule has 0 heterocycles. The van der Waals surface area contributed by atoms with Gasteiger partial charge in [0, 0.05) is 21.5 Å². The Morgan fingerprint density at radius 2 is 0.825 bits per heavy atom. The zero-order chi connectivity index (χ0) is 27.9. The van der Waals surface area contributed by atoms with Crippen molar-refractivity contribution >= 4 is 43.1 Å². The standard InChI is InChI=1S/C20H22O2.C16H14O2/c1-3-13-21-19-15-9-5-7-11-17(15)20(22-14-4-2)18-12-8-6-10-16(18)19;1-17-15-5-3-11-8-14-10-16(18-2)6-4-12(14)7-13(11)9-15/h5-12H,3-4,13-14H2,1-2H3;3-10H,1-2H3. The van der Waals surface area contributed by atoms with E-state index in [0.29, 0.717) is 0 Å². The molecule has 0 N–H and O–H groups in total. The van der Waals surface area contributed by atoms with E-state index in [4.69, 9.17) is 18.9 Å². The van der Waals surface area contributed by atoms with Gasteiger partial charge in [-0.2, -0.15) is 0 Å². The van der Waals surface area contributed by atoms with Gasteiger partial charge in [-0.25, -0.2) is 0 Å². The van der Waals surface area contributed by atoms with Crippen LogP contribution in [-0.4, -0.2) is 27.4 Å². The molecule has 0 unspecified atom stereocenters. The number of hydrogen-bond donors (Lipinski definition) is 0. The number of ether oxygens (including phenoxy) is 4. The van der Waals surface area contributed by atoms with Gasteiger partial charge in [0.05, 0.1) is 27.4 Å². The van der Waals surface area contributed by atoms with Crippen LogP contribution in [0.4, 0.5) is 0 Å². The Kier molecular flexibility index (Phi) is 8.56. The highest BCUT2D eigenvalue weighted by Crippen LogP contribution is 2.42. The molecule has 6 aromatic carbocycles. The molecule has 6 rings (SSSR count). The van der Waals surface area contributed by atoms with Crippen molar-refractivity contribution in [1.82, 2.24) is 0 Å². The predicted octanol–water partition coefficient (Wildman–Crippen LogP) is 9.58. The van der Waals surface area contributed by atoms with E-state index in [9.17, 15) is 0 Å². The van der Waals surface area contributed by atoms with Crippen LogP contribution in [0.3, 0.4) is 0 Å². The lowest BCUT2D eigenvalue weighted by molar-refractivity contribution is 0.319. The summed E-state index contributed by atoms with van der Waals surface area (Å²) in [7, 11) is 3.38. The molecule has 0 amide bonds. The van der Waals surface area contributed by atoms with Gasteiger partial charge in [0.25, 0.3) is 0 Å². The fraction of sp³-hybridized carbons (Fsp3) is 0.222. The second-order valence-corrected chi connectivity index (χ2v) is 9.72. The SMILES string of the molecule is CCCOc1c2ccccc2c(OCCC)c2ccccc12.COc1ccc2cc3cc(OC)ccc3cc2c1. The molecule has 0 saturated carbocycles. The van der Waals surface area contributed by atoms with E-state index in [1.165, 1.54) is 21.5 Å². The van der Waals surface area contributed by atoms with Crippen molar-refractivity contribution in [2.75, 3.05) is 27.4 Å². The van der Waals surface area contributed by atoms with Crippen LogP contribution in [-0.2, 0) is 0 Å². The fourth-order valence-corrected chi connectivity index (χ4v) is 4.98. The lowest BCUT2D eigenvalue weighted by atomic mass is 10.0. The maximum atomic E-state index is 6.09. The summed E-state index contributed by atoms with van der Waals surface area (Å²) >= 11 is 0. The minimum absolute atomic E-state index is 0.725. The molecule has 0 aliphatic rings. The van der Waals surface area contributed by atoms with Gasteiger partial charge in [0.15, 0.2) is 0 Å². The maximum absolute atomic E-state index is 6.09. The van der Waals surface area contributed by atoms with Gasteiger partial charge in [0.2, 0.25) is 0 Å². The highest BCUT2D eigenvalue weighted by atomic mass is 16.5. The molecule has 0 bridgehead atoms.